The number of rotatable bonds is 3. The molecule has 144 valence electrons. The maximum absolute atomic E-state index is 12.0. The Morgan fingerprint density at radius 2 is 1.79 bits per heavy atom. The summed E-state index contributed by atoms with van der Waals surface area (Å²) in [4.78, 5) is 15.9. The predicted molar refractivity (Wildman–Crippen MR) is 110 cm³/mol. The van der Waals surface area contributed by atoms with Crippen molar-refractivity contribution in [3.63, 3.8) is 0 Å². The number of benzene rings is 2. The van der Waals surface area contributed by atoms with E-state index in [2.05, 4.69) is 22.1 Å². The Morgan fingerprint density at radius 1 is 1.03 bits per heavy atom. The van der Waals surface area contributed by atoms with Crippen molar-refractivity contribution in [1.82, 2.24) is 10.3 Å². The van der Waals surface area contributed by atoms with E-state index in [1.165, 1.54) is 0 Å². The van der Waals surface area contributed by atoms with Crippen LogP contribution < -0.4 is 10.1 Å². The van der Waals surface area contributed by atoms with Crippen LogP contribution in [-0.4, -0.2) is 18.2 Å². The van der Waals surface area contributed by atoms with Crippen LogP contribution in [0.15, 0.2) is 66.9 Å². The number of nitrogens with one attached hydrogen (secondary N) is 1. The molecule has 0 aliphatic carbocycles. The number of ether oxygens (including phenoxy) is 2. The molecule has 1 amide bonds. The number of cyclic esters (lactones) is 1. The molecule has 4 rings (SSSR count). The molecule has 2 aromatic carbocycles. The number of methoxy groups -OCH3 is 1. The Balaban J connectivity index is 1.63. The van der Waals surface area contributed by atoms with E-state index in [4.69, 9.17) is 21.1 Å². The van der Waals surface area contributed by atoms with Crippen molar-refractivity contribution in [1.29, 1.82) is 0 Å². The maximum atomic E-state index is 12.0. The first kappa shape index (κ1) is 18.9. The summed E-state index contributed by atoms with van der Waals surface area (Å²) in [5.74, 6) is 6.91. The lowest BCUT2D eigenvalue weighted by molar-refractivity contribution is 0.132. The molecule has 1 aromatic heterocycles. The molecule has 0 bridgehead atoms. The number of pyridine rings is 1. The van der Waals surface area contributed by atoms with Gasteiger partial charge in [-0.15, -0.1) is 0 Å². The number of aromatic nitrogens is 1. The van der Waals surface area contributed by atoms with Crippen molar-refractivity contribution in [2.75, 3.05) is 7.11 Å². The van der Waals surface area contributed by atoms with Gasteiger partial charge in [0.2, 0.25) is 0 Å². The highest BCUT2D eigenvalue weighted by Crippen LogP contribution is 2.37. The monoisotopic (exact) mass is 404 g/mol. The molecular weight excluding hydrogens is 388 g/mol. The van der Waals surface area contributed by atoms with Gasteiger partial charge in [-0.1, -0.05) is 47.7 Å². The zero-order valence-electron chi connectivity index (χ0n) is 15.6. The average molecular weight is 405 g/mol. The van der Waals surface area contributed by atoms with E-state index < -0.39 is 12.2 Å². The van der Waals surface area contributed by atoms with Crippen molar-refractivity contribution in [2.24, 2.45) is 0 Å². The first-order valence-corrected chi connectivity index (χ1v) is 9.35. The smallest absolute Gasteiger partial charge is 0.408 e. The van der Waals surface area contributed by atoms with Gasteiger partial charge in [0.25, 0.3) is 0 Å². The average Bonchev–Trinajstić information content (AvgIpc) is 3.14. The molecular formula is C23H17ClN2O3. The third-order valence-corrected chi connectivity index (χ3v) is 4.76. The molecule has 1 saturated heterocycles. The van der Waals surface area contributed by atoms with Crippen molar-refractivity contribution in [3.05, 3.63) is 94.3 Å². The van der Waals surface area contributed by atoms with Crippen molar-refractivity contribution in [2.45, 2.75) is 12.1 Å². The molecule has 0 unspecified atom stereocenters. The second-order valence-corrected chi connectivity index (χ2v) is 6.85. The van der Waals surface area contributed by atoms with Crippen LogP contribution in [0.3, 0.4) is 0 Å². The van der Waals surface area contributed by atoms with E-state index in [0.29, 0.717) is 10.9 Å². The zero-order valence-corrected chi connectivity index (χ0v) is 16.3. The fourth-order valence-electron chi connectivity index (χ4n) is 3.19. The number of hydrogen-bond donors (Lipinski definition) is 1. The van der Waals surface area contributed by atoms with Crippen LogP contribution in [0.2, 0.25) is 5.15 Å². The van der Waals surface area contributed by atoms with Crippen LogP contribution in [0.5, 0.6) is 5.75 Å². The Morgan fingerprint density at radius 3 is 2.59 bits per heavy atom. The van der Waals surface area contributed by atoms with Gasteiger partial charge in [0.15, 0.2) is 6.10 Å². The first-order chi connectivity index (χ1) is 14.1. The minimum atomic E-state index is -0.459. The molecule has 2 atom stereocenters. The Hall–Kier alpha value is -3.49. The lowest BCUT2D eigenvalue weighted by atomic mass is 9.95. The summed E-state index contributed by atoms with van der Waals surface area (Å²) in [5.41, 5.74) is 3.36. The number of amides is 1. The number of carbonyl (C=O) groups excluding carboxylic acids is 1. The van der Waals surface area contributed by atoms with E-state index in [1.54, 1.807) is 25.4 Å². The zero-order chi connectivity index (χ0) is 20.2. The standard InChI is InChI=1S/C23H17ClN2O3/c1-28-19-7-3-6-18(14-19)22-21(26-23(27)29-22)17-5-2-4-15(12-17)8-9-16-10-11-25-20(24)13-16/h2-7,10-14,21-22H,1H3,(H,26,27)/t21-,22-/m1/s1. The minimum absolute atomic E-state index is 0.327. The van der Waals surface area contributed by atoms with Crippen LogP contribution in [0.25, 0.3) is 0 Å². The fourth-order valence-corrected chi connectivity index (χ4v) is 3.37. The molecule has 29 heavy (non-hydrogen) atoms. The molecule has 1 aliphatic heterocycles. The maximum Gasteiger partial charge on any atom is 0.408 e. The van der Waals surface area contributed by atoms with E-state index >= 15 is 0 Å². The summed E-state index contributed by atoms with van der Waals surface area (Å²) in [5, 5.41) is 3.29. The van der Waals surface area contributed by atoms with Gasteiger partial charge >= 0.3 is 6.09 Å². The molecule has 5 nitrogen and oxygen atoms in total. The summed E-state index contributed by atoms with van der Waals surface area (Å²) >= 11 is 5.91. The van der Waals surface area contributed by atoms with Crippen LogP contribution in [0, 0.1) is 11.8 Å². The third kappa shape index (κ3) is 4.34. The van der Waals surface area contributed by atoms with Gasteiger partial charge in [-0.2, -0.15) is 0 Å². The Kier molecular flexibility index (Phi) is 5.37. The number of nitrogens with zero attached hydrogens (tertiary/aromatic N) is 1. The summed E-state index contributed by atoms with van der Waals surface area (Å²) < 4.78 is 10.8. The van der Waals surface area contributed by atoms with Crippen molar-refractivity contribution in [3.8, 4) is 17.6 Å². The first-order valence-electron chi connectivity index (χ1n) is 8.97. The van der Waals surface area contributed by atoms with Crippen LogP contribution in [0.4, 0.5) is 4.79 Å². The van der Waals surface area contributed by atoms with Gasteiger partial charge in [0.05, 0.1) is 13.2 Å². The second kappa shape index (κ2) is 8.26. The fraction of sp³-hybridized carbons (Fsp3) is 0.130. The molecule has 0 radical (unpaired) electrons. The van der Waals surface area contributed by atoms with Gasteiger partial charge in [-0.25, -0.2) is 9.78 Å². The van der Waals surface area contributed by atoms with E-state index in [-0.39, 0.29) is 6.04 Å². The van der Waals surface area contributed by atoms with Gasteiger partial charge in [0.1, 0.15) is 10.9 Å². The second-order valence-electron chi connectivity index (χ2n) is 6.47. The molecule has 3 aromatic rings. The van der Waals surface area contributed by atoms with Crippen LogP contribution >= 0.6 is 11.6 Å². The molecule has 2 heterocycles. The lowest BCUT2D eigenvalue weighted by Crippen LogP contribution is -2.19. The van der Waals surface area contributed by atoms with Gasteiger partial charge < -0.3 is 14.8 Å². The highest BCUT2D eigenvalue weighted by atomic mass is 35.5. The summed E-state index contributed by atoms with van der Waals surface area (Å²) in [6.45, 7) is 0. The third-order valence-electron chi connectivity index (χ3n) is 4.56. The van der Waals surface area contributed by atoms with Gasteiger partial charge in [-0.3, -0.25) is 0 Å². The molecule has 0 saturated carbocycles. The summed E-state index contributed by atoms with van der Waals surface area (Å²) in [6.07, 6.45) is 0.706. The quantitative estimate of drug-likeness (QED) is 0.509. The number of halogens is 1. The topological polar surface area (TPSA) is 60.5 Å². The van der Waals surface area contributed by atoms with Crippen LogP contribution in [-0.2, 0) is 4.74 Å². The van der Waals surface area contributed by atoms with E-state index in [9.17, 15) is 4.79 Å². The molecule has 1 aliphatic rings. The highest BCUT2D eigenvalue weighted by molar-refractivity contribution is 6.29. The normalized spacial score (nSPS) is 17.7. The van der Waals surface area contributed by atoms with Crippen molar-refractivity contribution < 1.29 is 14.3 Å². The van der Waals surface area contributed by atoms with E-state index in [0.717, 1.165) is 22.3 Å². The Bertz CT molecular complexity index is 1120. The van der Waals surface area contributed by atoms with Gasteiger partial charge in [-0.05, 0) is 47.5 Å². The summed E-state index contributed by atoms with van der Waals surface area (Å²) in [7, 11) is 1.60. The molecule has 6 heteroatoms. The highest BCUT2D eigenvalue weighted by Gasteiger charge is 2.36. The number of carbonyl (C=O) groups is 1. The van der Waals surface area contributed by atoms with Gasteiger partial charge in [0, 0.05) is 17.3 Å². The summed E-state index contributed by atoms with van der Waals surface area (Å²) in [6, 6.07) is 18.4. The molecule has 0 spiro atoms. The van der Waals surface area contributed by atoms with E-state index in [1.807, 2.05) is 48.5 Å². The Labute approximate surface area is 173 Å². The molecule has 1 N–H and O–H groups in total. The predicted octanol–water partition coefficient (Wildman–Crippen LogP) is 4.67. The van der Waals surface area contributed by atoms with Crippen LogP contribution in [0.1, 0.15) is 34.4 Å². The minimum Gasteiger partial charge on any atom is -0.497 e. The largest absolute Gasteiger partial charge is 0.497 e. The number of alkyl carbamates (subject to hydrolysis) is 1. The van der Waals surface area contributed by atoms with Crippen molar-refractivity contribution >= 4 is 17.7 Å². The lowest BCUT2D eigenvalue weighted by Gasteiger charge is -2.18. The number of hydrogen-bond acceptors (Lipinski definition) is 4. The SMILES string of the molecule is COc1cccc([C@H]2OC(=O)N[C@@H]2c2cccc(C#Cc3ccnc(Cl)c3)c2)c1. The molecule has 1 fully saturated rings.